The number of ether oxygens (including phenoxy) is 1. The summed E-state index contributed by atoms with van der Waals surface area (Å²) < 4.78 is 5.39. The zero-order chi connectivity index (χ0) is 15.3. The lowest BCUT2D eigenvalue weighted by molar-refractivity contribution is -0.143. The van der Waals surface area contributed by atoms with Crippen molar-refractivity contribution in [3.63, 3.8) is 0 Å². The lowest BCUT2D eigenvalue weighted by Gasteiger charge is -2.47. The van der Waals surface area contributed by atoms with Gasteiger partial charge in [-0.2, -0.15) is 0 Å². The number of likely N-dealkylation sites (tertiary alicyclic amines) is 2. The van der Waals surface area contributed by atoms with Crippen molar-refractivity contribution in [3.8, 4) is 0 Å². The summed E-state index contributed by atoms with van der Waals surface area (Å²) in [6, 6.07) is 0. The Balaban J connectivity index is 1.34. The summed E-state index contributed by atoms with van der Waals surface area (Å²) >= 11 is 0. The molecule has 0 N–H and O–H groups in total. The first kappa shape index (κ1) is 14.5. The van der Waals surface area contributed by atoms with Crippen molar-refractivity contribution in [2.24, 2.45) is 23.2 Å². The molecule has 1 spiro atoms. The number of nitrogens with zero attached hydrogens (tertiary/aromatic N) is 2. The molecule has 2 amide bonds. The Morgan fingerprint density at radius 3 is 2.55 bits per heavy atom. The highest BCUT2D eigenvalue weighted by atomic mass is 16.5. The molecule has 3 atom stereocenters. The van der Waals surface area contributed by atoms with Gasteiger partial charge in [0.25, 0.3) is 0 Å². The van der Waals surface area contributed by atoms with E-state index in [0.29, 0.717) is 30.1 Å². The van der Waals surface area contributed by atoms with Crippen LogP contribution in [0, 0.1) is 23.2 Å². The fourth-order valence-corrected chi connectivity index (χ4v) is 4.82. The van der Waals surface area contributed by atoms with E-state index >= 15 is 0 Å². The lowest BCUT2D eigenvalue weighted by atomic mass is 9.72. The number of hydrogen-bond acceptors (Lipinski definition) is 3. The van der Waals surface area contributed by atoms with Crippen molar-refractivity contribution in [3.05, 3.63) is 0 Å². The van der Waals surface area contributed by atoms with Gasteiger partial charge in [0.2, 0.25) is 11.8 Å². The third-order valence-corrected chi connectivity index (χ3v) is 6.50. The summed E-state index contributed by atoms with van der Waals surface area (Å²) in [6.45, 7) is 7.09. The van der Waals surface area contributed by atoms with Gasteiger partial charge in [-0.25, -0.2) is 0 Å². The minimum atomic E-state index is 0.253. The molecule has 0 aromatic rings. The molecule has 1 unspecified atom stereocenters. The number of fused-ring (bicyclic) bond motifs is 1. The van der Waals surface area contributed by atoms with Crippen LogP contribution in [0.25, 0.3) is 0 Å². The molecular weight excluding hydrogens is 280 g/mol. The highest BCUT2D eigenvalue weighted by Gasteiger charge is 2.59. The molecule has 3 aliphatic heterocycles. The van der Waals surface area contributed by atoms with Gasteiger partial charge in [-0.1, -0.05) is 0 Å². The van der Waals surface area contributed by atoms with Crippen LogP contribution in [-0.4, -0.2) is 61.0 Å². The number of hydrogen-bond donors (Lipinski definition) is 0. The van der Waals surface area contributed by atoms with Crippen LogP contribution in [0.15, 0.2) is 0 Å². The van der Waals surface area contributed by atoms with E-state index in [4.69, 9.17) is 4.74 Å². The molecule has 122 valence electrons. The van der Waals surface area contributed by atoms with Crippen LogP contribution in [0.3, 0.4) is 0 Å². The van der Waals surface area contributed by atoms with Gasteiger partial charge in [0, 0.05) is 38.5 Å². The van der Waals surface area contributed by atoms with Crippen LogP contribution in [0.4, 0.5) is 0 Å². The van der Waals surface area contributed by atoms with Gasteiger partial charge in [0.15, 0.2) is 0 Å². The second kappa shape index (κ2) is 5.22. The Hall–Kier alpha value is -1.10. The Bertz CT molecular complexity index is 474. The van der Waals surface area contributed by atoms with Gasteiger partial charge < -0.3 is 14.5 Å². The summed E-state index contributed by atoms with van der Waals surface area (Å²) in [6.07, 6.45) is 3.81. The normalized spacial score (nSPS) is 36.6. The molecule has 4 fully saturated rings. The van der Waals surface area contributed by atoms with Crippen molar-refractivity contribution >= 4 is 11.8 Å². The molecule has 0 aromatic carbocycles. The summed E-state index contributed by atoms with van der Waals surface area (Å²) in [5, 5.41) is 0. The average molecular weight is 306 g/mol. The van der Waals surface area contributed by atoms with Gasteiger partial charge in [0.1, 0.15) is 0 Å². The van der Waals surface area contributed by atoms with Gasteiger partial charge >= 0.3 is 0 Å². The number of rotatable bonds is 2. The first-order valence-corrected chi connectivity index (χ1v) is 8.78. The molecule has 3 heterocycles. The summed E-state index contributed by atoms with van der Waals surface area (Å²) in [4.78, 5) is 28.6. The minimum absolute atomic E-state index is 0.253. The molecule has 0 bridgehead atoms. The largest absolute Gasteiger partial charge is 0.381 e. The molecule has 1 saturated carbocycles. The van der Waals surface area contributed by atoms with Crippen LogP contribution in [-0.2, 0) is 14.3 Å². The van der Waals surface area contributed by atoms with Crippen LogP contribution in [0.2, 0.25) is 0 Å². The maximum absolute atomic E-state index is 12.6. The predicted molar refractivity (Wildman–Crippen MR) is 81.0 cm³/mol. The first-order valence-electron chi connectivity index (χ1n) is 8.78. The topological polar surface area (TPSA) is 49.9 Å². The first-order chi connectivity index (χ1) is 10.6. The van der Waals surface area contributed by atoms with Crippen LogP contribution in [0.1, 0.15) is 32.6 Å². The highest BCUT2D eigenvalue weighted by molar-refractivity contribution is 5.82. The van der Waals surface area contributed by atoms with Gasteiger partial charge in [-0.15, -0.1) is 0 Å². The quantitative estimate of drug-likeness (QED) is 0.768. The van der Waals surface area contributed by atoms with E-state index in [1.54, 1.807) is 0 Å². The lowest BCUT2D eigenvalue weighted by Crippen LogP contribution is -2.52. The molecule has 3 saturated heterocycles. The molecule has 0 radical (unpaired) electrons. The second-order valence-corrected chi connectivity index (χ2v) is 7.62. The smallest absolute Gasteiger partial charge is 0.226 e. The SMILES string of the molecule is CCN1CC2(CCC1=O)CCN(C(=O)C1[C@H]3COC[C@@H]13)CC2. The zero-order valence-corrected chi connectivity index (χ0v) is 13.4. The Kier molecular flexibility index (Phi) is 3.44. The maximum atomic E-state index is 12.6. The van der Waals surface area contributed by atoms with Crippen molar-refractivity contribution in [2.75, 3.05) is 39.4 Å². The Morgan fingerprint density at radius 1 is 1.23 bits per heavy atom. The molecule has 0 aromatic heterocycles. The molecule has 4 aliphatic rings. The summed E-state index contributed by atoms with van der Waals surface area (Å²) in [5.41, 5.74) is 0.267. The minimum Gasteiger partial charge on any atom is -0.381 e. The van der Waals surface area contributed by atoms with E-state index in [9.17, 15) is 9.59 Å². The van der Waals surface area contributed by atoms with Gasteiger partial charge in [-0.3, -0.25) is 9.59 Å². The maximum Gasteiger partial charge on any atom is 0.226 e. The third kappa shape index (κ3) is 2.25. The monoisotopic (exact) mass is 306 g/mol. The number of carbonyl (C=O) groups excluding carboxylic acids is 2. The number of carbonyl (C=O) groups is 2. The van der Waals surface area contributed by atoms with Crippen molar-refractivity contribution in [2.45, 2.75) is 32.6 Å². The van der Waals surface area contributed by atoms with E-state index < -0.39 is 0 Å². The van der Waals surface area contributed by atoms with Crippen LogP contribution in [0.5, 0.6) is 0 Å². The summed E-state index contributed by atoms with van der Waals surface area (Å²) in [7, 11) is 0. The molecule has 5 nitrogen and oxygen atoms in total. The van der Waals surface area contributed by atoms with E-state index in [0.717, 1.165) is 58.7 Å². The van der Waals surface area contributed by atoms with E-state index in [1.165, 1.54) is 0 Å². The zero-order valence-electron chi connectivity index (χ0n) is 13.4. The molecule has 22 heavy (non-hydrogen) atoms. The van der Waals surface area contributed by atoms with Crippen LogP contribution >= 0.6 is 0 Å². The van der Waals surface area contributed by atoms with Crippen molar-refractivity contribution in [1.29, 1.82) is 0 Å². The van der Waals surface area contributed by atoms with E-state index in [2.05, 4.69) is 11.8 Å². The average Bonchev–Trinajstić information content (AvgIpc) is 3.02. The molecular formula is C17H26N2O3. The molecule has 4 rings (SSSR count). The van der Waals surface area contributed by atoms with E-state index in [1.807, 2.05) is 4.90 Å². The predicted octanol–water partition coefficient (Wildman–Crippen LogP) is 1.13. The van der Waals surface area contributed by atoms with Crippen LogP contribution < -0.4 is 0 Å². The number of amides is 2. The standard InChI is InChI=1S/C17H26N2O3/c1-2-18-11-17(4-3-14(18)20)5-7-19(8-6-17)16(21)15-12-9-22-10-13(12)15/h12-13,15H,2-11H2,1H3/t12-,13+,15?. The van der Waals surface area contributed by atoms with Crippen molar-refractivity contribution < 1.29 is 14.3 Å². The molecule has 5 heteroatoms. The third-order valence-electron chi connectivity index (χ3n) is 6.50. The summed E-state index contributed by atoms with van der Waals surface area (Å²) in [5.74, 6) is 1.94. The molecule has 1 aliphatic carbocycles. The van der Waals surface area contributed by atoms with E-state index in [-0.39, 0.29) is 11.3 Å². The van der Waals surface area contributed by atoms with Gasteiger partial charge in [-0.05, 0) is 43.4 Å². The van der Waals surface area contributed by atoms with Gasteiger partial charge in [0.05, 0.1) is 13.2 Å². The number of piperidine rings is 2. The van der Waals surface area contributed by atoms with Crippen molar-refractivity contribution in [1.82, 2.24) is 9.80 Å². The fraction of sp³-hybridized carbons (Fsp3) is 0.882. The highest BCUT2D eigenvalue weighted by Crippen LogP contribution is 2.52. The second-order valence-electron chi connectivity index (χ2n) is 7.62. The fourth-order valence-electron chi connectivity index (χ4n) is 4.82. The Labute approximate surface area is 132 Å². The Morgan fingerprint density at radius 2 is 1.91 bits per heavy atom.